The molecule has 4 heteroatoms. The molecule has 0 nitrogen and oxygen atoms in total. The van der Waals surface area contributed by atoms with Gasteiger partial charge in [-0.1, -0.05) is 0 Å². The van der Waals surface area contributed by atoms with Gasteiger partial charge < -0.3 is 7.43 Å². The Kier molecular flexibility index (Phi) is 32.4. The van der Waals surface area contributed by atoms with Crippen LogP contribution in [0.25, 0.3) is 0 Å². The van der Waals surface area contributed by atoms with Gasteiger partial charge in [-0.25, -0.2) is 0 Å². The van der Waals surface area contributed by atoms with Crippen LogP contribution in [0.2, 0.25) is 0 Å². The monoisotopic (exact) mass is 355 g/mol. The van der Waals surface area contributed by atoms with Crippen molar-refractivity contribution in [3.8, 4) is 0 Å². The SMILES string of the molecule is C[PH+](C)C.[CH3-].[Cl][Ir+][Cl]. The van der Waals surface area contributed by atoms with Gasteiger partial charge in [-0.2, -0.15) is 0 Å². The Bertz CT molecular complexity index is 25.2. The van der Waals surface area contributed by atoms with Crippen LogP contribution in [0.5, 0.6) is 0 Å². The van der Waals surface area contributed by atoms with Gasteiger partial charge in [0.15, 0.2) is 0 Å². The zero-order valence-corrected chi connectivity index (χ0v) is 10.5. The van der Waals surface area contributed by atoms with Crippen LogP contribution in [0.1, 0.15) is 0 Å². The van der Waals surface area contributed by atoms with Crippen molar-refractivity contribution in [1.29, 1.82) is 0 Å². The summed E-state index contributed by atoms with van der Waals surface area (Å²) in [5, 5.41) is 0. The molecule has 0 radical (unpaired) electrons. The number of halogens is 2. The van der Waals surface area contributed by atoms with Crippen molar-refractivity contribution in [2.24, 2.45) is 0 Å². The van der Waals surface area contributed by atoms with E-state index in [1.807, 2.05) is 0 Å². The van der Waals surface area contributed by atoms with Gasteiger partial charge in [0, 0.05) is 20.0 Å². The summed E-state index contributed by atoms with van der Waals surface area (Å²) >= 11 is -0.556. The summed E-state index contributed by atoms with van der Waals surface area (Å²) in [5.74, 6) is 0. The van der Waals surface area contributed by atoms with E-state index in [4.69, 9.17) is 19.2 Å². The molecule has 0 unspecified atom stereocenters. The van der Waals surface area contributed by atoms with E-state index in [1.165, 1.54) is 0 Å². The first-order valence-corrected chi connectivity index (χ1v) is 10.7. The van der Waals surface area contributed by atoms with Crippen LogP contribution in [0, 0.1) is 7.43 Å². The second-order valence-electron chi connectivity index (χ2n) is 1.55. The minimum absolute atomic E-state index is 0. The van der Waals surface area contributed by atoms with Crippen molar-refractivity contribution in [3.05, 3.63) is 7.43 Å². The molecule has 0 aliphatic heterocycles. The van der Waals surface area contributed by atoms with Crippen LogP contribution in [-0.2, 0) is 15.7 Å². The third-order valence-electron chi connectivity index (χ3n) is 0. The van der Waals surface area contributed by atoms with E-state index in [0.717, 1.165) is 0 Å². The van der Waals surface area contributed by atoms with Crippen molar-refractivity contribution < 1.29 is 15.7 Å². The maximum atomic E-state index is 4.89. The fourth-order valence-electron chi connectivity index (χ4n) is 0. The van der Waals surface area contributed by atoms with Crippen molar-refractivity contribution in [3.63, 3.8) is 0 Å². The van der Waals surface area contributed by atoms with E-state index in [-0.39, 0.29) is 15.3 Å². The van der Waals surface area contributed by atoms with Gasteiger partial charge in [0.2, 0.25) is 0 Å². The molecule has 0 aliphatic rings. The zero-order valence-electron chi connectivity index (χ0n) is 5.59. The molecule has 0 aliphatic carbocycles. The maximum absolute atomic E-state index is 4.89. The Morgan fingerprint density at radius 2 is 1.12 bits per heavy atom. The minimum atomic E-state index is -0.556. The molecule has 0 N–H and O–H groups in total. The van der Waals surface area contributed by atoms with Gasteiger partial charge in [0.1, 0.15) is 0 Å². The molecule has 0 amide bonds. The molecule has 8 heavy (non-hydrogen) atoms. The van der Waals surface area contributed by atoms with Crippen molar-refractivity contribution in [2.75, 3.05) is 20.0 Å². The molecule has 0 aromatic heterocycles. The third kappa shape index (κ3) is 123. The standard InChI is InChI=1S/C3H9P.CH3.2ClH.Ir/c1-4(2)3;;;;/h1-3H3;1H3;2*1H;/q;-1;;;+3/p-1. The summed E-state index contributed by atoms with van der Waals surface area (Å²) in [7, 11) is 9.90. The molecule has 0 aromatic carbocycles. The molecule has 0 atom stereocenters. The quantitative estimate of drug-likeness (QED) is 0.463. The van der Waals surface area contributed by atoms with Gasteiger partial charge in [-0.05, 0) is 7.92 Å². The van der Waals surface area contributed by atoms with Gasteiger partial charge in [-0.3, -0.25) is 0 Å². The van der Waals surface area contributed by atoms with E-state index in [2.05, 4.69) is 20.0 Å². The average Bonchev–Trinajstić information content (AvgIpc) is 1.33. The average molecular weight is 355 g/mol. The van der Waals surface area contributed by atoms with Crippen LogP contribution >= 0.6 is 27.1 Å². The second-order valence-corrected chi connectivity index (χ2v) is 8.01. The van der Waals surface area contributed by atoms with Crippen LogP contribution < -0.4 is 0 Å². The van der Waals surface area contributed by atoms with E-state index in [9.17, 15) is 0 Å². The molecule has 0 bridgehead atoms. The van der Waals surface area contributed by atoms with E-state index in [0.29, 0.717) is 0 Å². The molecular formula is C4H13Cl2IrP+. The molecular weight excluding hydrogens is 342 g/mol. The molecule has 0 saturated carbocycles. The van der Waals surface area contributed by atoms with Crippen molar-refractivity contribution >= 4 is 27.1 Å². The van der Waals surface area contributed by atoms with Crippen molar-refractivity contribution in [2.45, 2.75) is 0 Å². The van der Waals surface area contributed by atoms with Gasteiger partial charge in [-0.15, -0.1) is 0 Å². The number of hydrogen-bond donors (Lipinski definition) is 0. The third-order valence-corrected chi connectivity index (χ3v) is 0. The van der Waals surface area contributed by atoms with Crippen LogP contribution in [0.3, 0.4) is 0 Å². The summed E-state index contributed by atoms with van der Waals surface area (Å²) in [4.78, 5) is 0. The fraction of sp³-hybridized carbons (Fsp3) is 0.750. The van der Waals surface area contributed by atoms with Gasteiger partial charge >= 0.3 is 34.8 Å². The molecule has 56 valence electrons. The number of hydrogen-bond acceptors (Lipinski definition) is 0. The molecule has 0 saturated heterocycles. The van der Waals surface area contributed by atoms with Crippen LogP contribution in [0.4, 0.5) is 0 Å². The number of rotatable bonds is 0. The van der Waals surface area contributed by atoms with E-state index >= 15 is 0 Å². The first-order valence-electron chi connectivity index (χ1n) is 1.75. The molecule has 0 rings (SSSR count). The first-order chi connectivity index (χ1) is 3.15. The molecule has 0 aromatic rings. The normalized spacial score (nSPS) is 7.25. The topological polar surface area (TPSA) is 0 Å². The Hall–Kier alpha value is 1.66. The van der Waals surface area contributed by atoms with Gasteiger partial charge in [0.05, 0.1) is 0 Å². The predicted octanol–water partition coefficient (Wildman–Crippen LogP) is 2.92. The Labute approximate surface area is 70.0 Å². The Morgan fingerprint density at radius 1 is 1.12 bits per heavy atom. The molecule has 0 heterocycles. The summed E-state index contributed by atoms with van der Waals surface area (Å²) in [6.45, 7) is 6.81. The zero-order chi connectivity index (χ0) is 6.28. The molecule has 0 fully saturated rings. The van der Waals surface area contributed by atoms with Crippen molar-refractivity contribution in [1.82, 2.24) is 0 Å². The summed E-state index contributed by atoms with van der Waals surface area (Å²) in [6.07, 6.45) is 0. The second kappa shape index (κ2) is 15.9. The Morgan fingerprint density at radius 3 is 1.12 bits per heavy atom. The predicted molar refractivity (Wildman–Crippen MR) is 44.2 cm³/mol. The summed E-state index contributed by atoms with van der Waals surface area (Å²) < 4.78 is 0. The Balaban J connectivity index is -0.0000000575. The van der Waals surface area contributed by atoms with E-state index in [1.54, 1.807) is 0 Å². The van der Waals surface area contributed by atoms with Gasteiger partial charge in [0.25, 0.3) is 0 Å². The first kappa shape index (κ1) is 16.3. The van der Waals surface area contributed by atoms with Crippen LogP contribution in [0.15, 0.2) is 0 Å². The summed E-state index contributed by atoms with van der Waals surface area (Å²) in [6, 6.07) is 0. The van der Waals surface area contributed by atoms with E-state index < -0.39 is 15.7 Å². The van der Waals surface area contributed by atoms with Crippen LogP contribution in [-0.4, -0.2) is 20.0 Å². The fourth-order valence-corrected chi connectivity index (χ4v) is 0. The summed E-state index contributed by atoms with van der Waals surface area (Å²) in [5.41, 5.74) is 0. The molecule has 0 spiro atoms.